The standard InChI is InChI=1S/C18H16Cl2N2O2S/c19-16-10-14-5-8-22(18(14)11-17(16)20)25(23,24)15-2-1-12-3-6-21-7-4-13(12)9-15/h1-2,5,8-11,21H,3-4,6-7H2. The van der Waals surface area contributed by atoms with Gasteiger partial charge in [-0.15, -0.1) is 0 Å². The van der Waals surface area contributed by atoms with Gasteiger partial charge in [-0.1, -0.05) is 29.3 Å². The van der Waals surface area contributed by atoms with E-state index in [4.69, 9.17) is 23.2 Å². The average Bonchev–Trinajstić information content (AvgIpc) is 2.85. The maximum absolute atomic E-state index is 13.1. The van der Waals surface area contributed by atoms with E-state index < -0.39 is 10.0 Å². The minimum atomic E-state index is -3.70. The minimum absolute atomic E-state index is 0.289. The predicted molar refractivity (Wildman–Crippen MR) is 101 cm³/mol. The Kier molecular flexibility index (Phi) is 4.28. The van der Waals surface area contributed by atoms with Crippen molar-refractivity contribution in [3.8, 4) is 0 Å². The second kappa shape index (κ2) is 6.32. The molecule has 0 aliphatic carbocycles. The van der Waals surface area contributed by atoms with E-state index >= 15 is 0 Å². The van der Waals surface area contributed by atoms with Crippen LogP contribution in [0.1, 0.15) is 11.1 Å². The first-order valence-corrected chi connectivity index (χ1v) is 10.2. The van der Waals surface area contributed by atoms with Crippen molar-refractivity contribution in [3.63, 3.8) is 0 Å². The lowest BCUT2D eigenvalue weighted by atomic mass is 10.0. The summed E-state index contributed by atoms with van der Waals surface area (Å²) in [7, 11) is -3.70. The Morgan fingerprint density at radius 2 is 1.64 bits per heavy atom. The SMILES string of the molecule is O=S(=O)(c1ccc2c(c1)CCNCC2)n1ccc2cc(Cl)c(Cl)cc21. The van der Waals surface area contributed by atoms with Crippen LogP contribution in [0.15, 0.2) is 47.5 Å². The molecule has 0 bridgehead atoms. The van der Waals surface area contributed by atoms with Gasteiger partial charge in [-0.3, -0.25) is 0 Å². The van der Waals surface area contributed by atoms with Crippen molar-refractivity contribution in [2.24, 2.45) is 0 Å². The zero-order valence-electron chi connectivity index (χ0n) is 13.3. The second-order valence-corrected chi connectivity index (χ2v) is 8.75. The van der Waals surface area contributed by atoms with Gasteiger partial charge in [-0.25, -0.2) is 12.4 Å². The molecule has 25 heavy (non-hydrogen) atoms. The van der Waals surface area contributed by atoms with Gasteiger partial charge in [-0.2, -0.15) is 0 Å². The number of nitrogens with one attached hydrogen (secondary N) is 1. The van der Waals surface area contributed by atoms with E-state index in [0.29, 0.717) is 15.6 Å². The Morgan fingerprint density at radius 3 is 2.44 bits per heavy atom. The van der Waals surface area contributed by atoms with E-state index in [9.17, 15) is 8.42 Å². The summed E-state index contributed by atoms with van der Waals surface area (Å²) in [6.07, 6.45) is 3.28. The third kappa shape index (κ3) is 2.95. The van der Waals surface area contributed by atoms with Gasteiger partial charge in [-0.05, 0) is 67.4 Å². The number of halogens is 2. The number of benzene rings is 2. The maximum atomic E-state index is 13.1. The largest absolute Gasteiger partial charge is 0.316 e. The van der Waals surface area contributed by atoms with Crippen LogP contribution in [0.3, 0.4) is 0 Å². The molecule has 0 saturated heterocycles. The lowest BCUT2D eigenvalue weighted by Gasteiger charge is -2.11. The molecule has 4 nitrogen and oxygen atoms in total. The van der Waals surface area contributed by atoms with Crippen LogP contribution in [0.2, 0.25) is 10.0 Å². The van der Waals surface area contributed by atoms with Crippen molar-refractivity contribution in [3.05, 3.63) is 63.8 Å². The summed E-state index contributed by atoms with van der Waals surface area (Å²) >= 11 is 12.1. The molecule has 0 spiro atoms. The van der Waals surface area contributed by atoms with Gasteiger partial charge < -0.3 is 5.32 Å². The van der Waals surface area contributed by atoms with E-state index in [0.717, 1.165) is 36.9 Å². The number of aromatic nitrogens is 1. The van der Waals surface area contributed by atoms with Gasteiger partial charge in [0.1, 0.15) is 0 Å². The van der Waals surface area contributed by atoms with Gasteiger partial charge in [0.25, 0.3) is 10.0 Å². The Hall–Kier alpha value is -1.53. The highest BCUT2D eigenvalue weighted by Gasteiger charge is 2.21. The molecule has 0 saturated carbocycles. The van der Waals surface area contributed by atoms with Gasteiger partial charge in [0.2, 0.25) is 0 Å². The molecule has 130 valence electrons. The van der Waals surface area contributed by atoms with Crippen LogP contribution in [0.4, 0.5) is 0 Å². The molecule has 3 aromatic rings. The Labute approximate surface area is 156 Å². The highest BCUT2D eigenvalue weighted by atomic mass is 35.5. The molecule has 0 amide bonds. The van der Waals surface area contributed by atoms with E-state index in [1.807, 2.05) is 6.07 Å². The molecule has 7 heteroatoms. The van der Waals surface area contributed by atoms with Crippen LogP contribution >= 0.6 is 23.2 Å². The summed E-state index contributed by atoms with van der Waals surface area (Å²) in [5, 5.41) is 4.80. The molecule has 2 aromatic carbocycles. The predicted octanol–water partition coefficient (Wildman–Crippen LogP) is 3.87. The highest BCUT2D eigenvalue weighted by molar-refractivity contribution is 7.90. The van der Waals surface area contributed by atoms with E-state index in [-0.39, 0.29) is 4.90 Å². The Balaban J connectivity index is 1.85. The lowest BCUT2D eigenvalue weighted by molar-refractivity contribution is 0.589. The van der Waals surface area contributed by atoms with Crippen LogP contribution in [0.25, 0.3) is 10.9 Å². The molecule has 4 rings (SSSR count). The van der Waals surface area contributed by atoms with Crippen LogP contribution in [-0.2, 0) is 22.9 Å². The first-order valence-electron chi connectivity index (χ1n) is 8.01. The highest BCUT2D eigenvalue weighted by Crippen LogP contribution is 2.31. The second-order valence-electron chi connectivity index (χ2n) is 6.12. The van der Waals surface area contributed by atoms with Crippen LogP contribution in [0, 0.1) is 0 Å². The molecule has 1 aliphatic rings. The van der Waals surface area contributed by atoms with Gasteiger partial charge >= 0.3 is 0 Å². The van der Waals surface area contributed by atoms with Crippen molar-refractivity contribution in [1.82, 2.24) is 9.29 Å². The molecule has 1 aromatic heterocycles. The molecule has 1 N–H and O–H groups in total. The summed E-state index contributed by atoms with van der Waals surface area (Å²) in [6, 6.07) is 10.4. The number of fused-ring (bicyclic) bond motifs is 2. The topological polar surface area (TPSA) is 51.1 Å². The van der Waals surface area contributed by atoms with E-state index in [1.54, 1.807) is 36.5 Å². The summed E-state index contributed by atoms with van der Waals surface area (Å²) in [5.74, 6) is 0. The smallest absolute Gasteiger partial charge is 0.268 e. The molecular formula is C18H16Cl2N2O2S. The molecule has 0 fully saturated rings. The van der Waals surface area contributed by atoms with Crippen molar-refractivity contribution in [2.45, 2.75) is 17.7 Å². The molecular weight excluding hydrogens is 379 g/mol. The normalized spacial score (nSPS) is 15.1. The van der Waals surface area contributed by atoms with Gasteiger partial charge in [0.15, 0.2) is 0 Å². The fourth-order valence-electron chi connectivity index (χ4n) is 3.24. The van der Waals surface area contributed by atoms with Gasteiger partial charge in [0.05, 0.1) is 20.5 Å². The van der Waals surface area contributed by atoms with Crippen LogP contribution in [0.5, 0.6) is 0 Å². The molecule has 1 aliphatic heterocycles. The zero-order chi connectivity index (χ0) is 17.6. The van der Waals surface area contributed by atoms with Crippen LogP contribution < -0.4 is 5.32 Å². The Morgan fingerprint density at radius 1 is 0.920 bits per heavy atom. The van der Waals surface area contributed by atoms with Gasteiger partial charge in [0, 0.05) is 11.6 Å². The quantitative estimate of drug-likeness (QED) is 0.717. The maximum Gasteiger partial charge on any atom is 0.268 e. The number of hydrogen-bond donors (Lipinski definition) is 1. The summed E-state index contributed by atoms with van der Waals surface area (Å²) in [5.41, 5.74) is 2.81. The molecule has 0 radical (unpaired) electrons. The number of hydrogen-bond acceptors (Lipinski definition) is 3. The fourth-order valence-corrected chi connectivity index (χ4v) is 4.96. The number of nitrogens with zero attached hydrogens (tertiary/aromatic N) is 1. The van der Waals surface area contributed by atoms with Crippen molar-refractivity contribution < 1.29 is 8.42 Å². The van der Waals surface area contributed by atoms with Crippen molar-refractivity contribution >= 4 is 44.1 Å². The first kappa shape index (κ1) is 16.9. The average molecular weight is 395 g/mol. The first-order chi connectivity index (χ1) is 12.0. The Bertz CT molecular complexity index is 1070. The third-order valence-corrected chi connectivity index (χ3v) is 6.98. The zero-order valence-corrected chi connectivity index (χ0v) is 15.6. The summed E-state index contributed by atoms with van der Waals surface area (Å²) < 4.78 is 27.6. The van der Waals surface area contributed by atoms with E-state index in [1.165, 1.54) is 9.54 Å². The number of rotatable bonds is 2. The molecule has 0 atom stereocenters. The summed E-state index contributed by atoms with van der Waals surface area (Å²) in [4.78, 5) is 0.289. The molecule has 2 heterocycles. The van der Waals surface area contributed by atoms with Crippen molar-refractivity contribution in [1.29, 1.82) is 0 Å². The lowest BCUT2D eigenvalue weighted by Crippen LogP contribution is -2.16. The fraction of sp³-hybridized carbons (Fsp3) is 0.222. The van der Waals surface area contributed by atoms with E-state index in [2.05, 4.69) is 5.32 Å². The molecule has 0 unspecified atom stereocenters. The minimum Gasteiger partial charge on any atom is -0.316 e. The summed E-state index contributed by atoms with van der Waals surface area (Å²) in [6.45, 7) is 1.78. The third-order valence-electron chi connectivity index (χ3n) is 4.57. The van der Waals surface area contributed by atoms with Crippen LogP contribution in [-0.4, -0.2) is 25.5 Å². The monoisotopic (exact) mass is 394 g/mol. The van der Waals surface area contributed by atoms with Crippen molar-refractivity contribution in [2.75, 3.05) is 13.1 Å².